The van der Waals surface area contributed by atoms with Gasteiger partial charge in [0, 0.05) is 50.0 Å². The fourth-order valence-corrected chi connectivity index (χ4v) is 5.29. The SMILES string of the molecule is O=C(CSc1nnc(NCC2CCCO2)s1)N1CCN(c2cccc(Cl)c2)CC1. The van der Waals surface area contributed by atoms with Crippen molar-refractivity contribution in [2.75, 3.05) is 55.3 Å². The maximum absolute atomic E-state index is 12.6. The third kappa shape index (κ3) is 5.75. The molecule has 2 aliphatic rings. The Morgan fingerprint density at radius 3 is 2.93 bits per heavy atom. The van der Waals surface area contributed by atoms with Crippen molar-refractivity contribution in [1.82, 2.24) is 15.1 Å². The number of piperazine rings is 1. The molecule has 1 aromatic carbocycles. The summed E-state index contributed by atoms with van der Waals surface area (Å²) in [6, 6.07) is 7.85. The predicted molar refractivity (Wildman–Crippen MR) is 118 cm³/mol. The quantitative estimate of drug-likeness (QED) is 0.645. The van der Waals surface area contributed by atoms with Crippen molar-refractivity contribution < 1.29 is 9.53 Å². The number of hydrogen-bond acceptors (Lipinski definition) is 8. The van der Waals surface area contributed by atoms with E-state index in [1.54, 1.807) is 0 Å². The molecule has 0 aliphatic carbocycles. The Kier molecular flexibility index (Phi) is 7.12. The van der Waals surface area contributed by atoms with Crippen molar-refractivity contribution >= 4 is 51.4 Å². The maximum Gasteiger partial charge on any atom is 0.233 e. The monoisotopic (exact) mass is 453 g/mol. The van der Waals surface area contributed by atoms with Gasteiger partial charge in [-0.15, -0.1) is 10.2 Å². The largest absolute Gasteiger partial charge is 0.376 e. The first-order valence-electron chi connectivity index (χ1n) is 9.77. The van der Waals surface area contributed by atoms with Gasteiger partial charge in [-0.3, -0.25) is 4.79 Å². The average Bonchev–Trinajstić information content (AvgIpc) is 3.42. The van der Waals surface area contributed by atoms with Gasteiger partial charge >= 0.3 is 0 Å². The standard InChI is InChI=1S/C19H24ClN5O2S2/c20-14-3-1-4-15(11-14)24-6-8-25(9-7-24)17(26)13-28-19-23-22-18(29-19)21-12-16-5-2-10-27-16/h1,3-4,11,16H,2,5-10,12-13H2,(H,21,22). The van der Waals surface area contributed by atoms with Crippen LogP contribution in [0, 0.1) is 0 Å². The van der Waals surface area contributed by atoms with Gasteiger partial charge in [-0.2, -0.15) is 0 Å². The molecule has 3 heterocycles. The number of nitrogens with one attached hydrogen (secondary N) is 1. The zero-order valence-electron chi connectivity index (χ0n) is 16.1. The molecule has 0 saturated carbocycles. The fourth-order valence-electron chi connectivity index (χ4n) is 3.45. The van der Waals surface area contributed by atoms with Crippen LogP contribution in [0.3, 0.4) is 0 Å². The van der Waals surface area contributed by atoms with E-state index < -0.39 is 0 Å². The minimum Gasteiger partial charge on any atom is -0.376 e. The van der Waals surface area contributed by atoms with E-state index in [4.69, 9.17) is 16.3 Å². The number of thioether (sulfide) groups is 1. The van der Waals surface area contributed by atoms with E-state index in [1.165, 1.54) is 23.1 Å². The number of benzene rings is 1. The van der Waals surface area contributed by atoms with Crippen molar-refractivity contribution in [3.05, 3.63) is 29.3 Å². The molecule has 2 aromatic rings. The number of carbonyl (C=O) groups is 1. The third-order valence-electron chi connectivity index (χ3n) is 5.04. The Labute approximate surface area is 183 Å². The average molecular weight is 454 g/mol. The first-order valence-corrected chi connectivity index (χ1v) is 12.0. The molecular formula is C19H24ClN5O2S2. The zero-order valence-corrected chi connectivity index (χ0v) is 18.4. The number of nitrogens with zero attached hydrogens (tertiary/aromatic N) is 4. The van der Waals surface area contributed by atoms with Crippen LogP contribution in [0.4, 0.5) is 10.8 Å². The van der Waals surface area contributed by atoms with Crippen molar-refractivity contribution in [3.63, 3.8) is 0 Å². The lowest BCUT2D eigenvalue weighted by molar-refractivity contribution is -0.128. The molecule has 1 amide bonds. The van der Waals surface area contributed by atoms with E-state index in [0.717, 1.165) is 72.4 Å². The van der Waals surface area contributed by atoms with E-state index in [-0.39, 0.29) is 12.0 Å². The summed E-state index contributed by atoms with van der Waals surface area (Å²) in [4.78, 5) is 16.8. The van der Waals surface area contributed by atoms with Crippen LogP contribution in [0.1, 0.15) is 12.8 Å². The van der Waals surface area contributed by atoms with Gasteiger partial charge in [0.1, 0.15) is 0 Å². The second-order valence-corrected chi connectivity index (χ2v) is 9.66. The number of rotatable bonds is 7. The zero-order chi connectivity index (χ0) is 20.1. The number of aromatic nitrogens is 2. The van der Waals surface area contributed by atoms with Crippen LogP contribution in [0.25, 0.3) is 0 Å². The minimum atomic E-state index is 0.143. The van der Waals surface area contributed by atoms with Crippen LogP contribution in [-0.4, -0.2) is 72.2 Å². The lowest BCUT2D eigenvalue weighted by Crippen LogP contribution is -2.49. The van der Waals surface area contributed by atoms with Gasteiger partial charge in [-0.05, 0) is 31.0 Å². The van der Waals surface area contributed by atoms with Gasteiger partial charge in [0.2, 0.25) is 11.0 Å². The molecule has 10 heteroatoms. The number of ether oxygens (including phenoxy) is 1. The first-order chi connectivity index (χ1) is 14.2. The number of halogens is 1. The predicted octanol–water partition coefficient (Wildman–Crippen LogP) is 3.22. The van der Waals surface area contributed by atoms with E-state index in [0.29, 0.717) is 5.75 Å². The van der Waals surface area contributed by atoms with Crippen molar-refractivity contribution in [3.8, 4) is 0 Å². The first kappa shape index (κ1) is 20.7. The molecule has 1 aromatic heterocycles. The molecule has 4 rings (SSSR count). The Morgan fingerprint density at radius 2 is 2.17 bits per heavy atom. The second-order valence-electron chi connectivity index (χ2n) is 7.03. The summed E-state index contributed by atoms with van der Waals surface area (Å²) in [5, 5.41) is 13.1. The van der Waals surface area contributed by atoms with Gasteiger partial charge in [-0.25, -0.2) is 0 Å². The van der Waals surface area contributed by atoms with Gasteiger partial charge in [0.15, 0.2) is 4.34 Å². The summed E-state index contributed by atoms with van der Waals surface area (Å²) in [5.41, 5.74) is 1.11. The van der Waals surface area contributed by atoms with Crippen LogP contribution in [0.2, 0.25) is 5.02 Å². The highest BCUT2D eigenvalue weighted by Crippen LogP contribution is 2.27. The molecule has 0 radical (unpaired) electrons. The fraction of sp³-hybridized carbons (Fsp3) is 0.526. The Bertz CT molecular complexity index is 822. The van der Waals surface area contributed by atoms with Gasteiger partial charge in [-0.1, -0.05) is 40.8 Å². The van der Waals surface area contributed by atoms with Gasteiger partial charge in [0.05, 0.1) is 11.9 Å². The molecule has 2 saturated heterocycles. The minimum absolute atomic E-state index is 0.143. The van der Waals surface area contributed by atoms with Crippen molar-refractivity contribution in [1.29, 1.82) is 0 Å². The molecule has 1 N–H and O–H groups in total. The van der Waals surface area contributed by atoms with E-state index in [1.807, 2.05) is 23.1 Å². The second kappa shape index (κ2) is 9.97. The lowest BCUT2D eigenvalue weighted by atomic mass is 10.2. The molecule has 2 fully saturated rings. The molecule has 1 unspecified atom stereocenters. The van der Waals surface area contributed by atoms with Crippen LogP contribution < -0.4 is 10.2 Å². The summed E-state index contributed by atoms with van der Waals surface area (Å²) >= 11 is 9.02. The molecular weight excluding hydrogens is 430 g/mol. The number of hydrogen-bond donors (Lipinski definition) is 1. The van der Waals surface area contributed by atoms with E-state index >= 15 is 0 Å². The summed E-state index contributed by atoms with van der Waals surface area (Å²) in [6.45, 7) is 4.67. The molecule has 7 nitrogen and oxygen atoms in total. The van der Waals surface area contributed by atoms with Crippen LogP contribution in [-0.2, 0) is 9.53 Å². The third-order valence-corrected chi connectivity index (χ3v) is 7.27. The highest BCUT2D eigenvalue weighted by Gasteiger charge is 2.22. The van der Waals surface area contributed by atoms with Gasteiger partial charge in [0.25, 0.3) is 0 Å². The molecule has 0 bridgehead atoms. The summed E-state index contributed by atoms with van der Waals surface area (Å²) in [5.74, 6) is 0.530. The summed E-state index contributed by atoms with van der Waals surface area (Å²) < 4.78 is 6.41. The lowest BCUT2D eigenvalue weighted by Gasteiger charge is -2.36. The van der Waals surface area contributed by atoms with E-state index in [9.17, 15) is 4.79 Å². The Balaban J connectivity index is 1.19. The van der Waals surface area contributed by atoms with Crippen molar-refractivity contribution in [2.24, 2.45) is 0 Å². The number of anilines is 2. The van der Waals surface area contributed by atoms with Crippen LogP contribution >= 0.6 is 34.7 Å². The number of amides is 1. The molecule has 2 aliphatic heterocycles. The maximum atomic E-state index is 12.6. The molecule has 156 valence electrons. The van der Waals surface area contributed by atoms with E-state index in [2.05, 4.69) is 26.5 Å². The highest BCUT2D eigenvalue weighted by atomic mass is 35.5. The number of carbonyl (C=O) groups excluding carboxylic acids is 1. The molecule has 0 spiro atoms. The van der Waals surface area contributed by atoms with Crippen LogP contribution in [0.5, 0.6) is 0 Å². The smallest absolute Gasteiger partial charge is 0.233 e. The van der Waals surface area contributed by atoms with Crippen LogP contribution in [0.15, 0.2) is 28.6 Å². The topological polar surface area (TPSA) is 70.6 Å². The normalized spacial score (nSPS) is 19.6. The van der Waals surface area contributed by atoms with Gasteiger partial charge < -0.3 is 19.9 Å². The van der Waals surface area contributed by atoms with Crippen molar-refractivity contribution in [2.45, 2.75) is 23.3 Å². The summed E-state index contributed by atoms with van der Waals surface area (Å²) in [7, 11) is 0. The molecule has 29 heavy (non-hydrogen) atoms. The Hall–Kier alpha value is -1.55. The highest BCUT2D eigenvalue weighted by molar-refractivity contribution is 8.01. The summed E-state index contributed by atoms with van der Waals surface area (Å²) in [6.07, 6.45) is 2.48. The molecule has 1 atom stereocenters. The Morgan fingerprint density at radius 1 is 1.31 bits per heavy atom.